The molecule has 0 bridgehead atoms. The van der Waals surface area contributed by atoms with E-state index in [-0.39, 0.29) is 19.1 Å². The molecule has 1 fully saturated rings. The van der Waals surface area contributed by atoms with Crippen LogP contribution in [-0.4, -0.2) is 147 Å². The minimum Gasteiger partial charge on any atom is -0.480 e. The highest BCUT2D eigenvalue weighted by Gasteiger charge is 2.24. The zero-order chi connectivity index (χ0) is 26.2. The lowest BCUT2D eigenvalue weighted by molar-refractivity contribution is -0.156. The van der Waals surface area contributed by atoms with Gasteiger partial charge in [-0.1, -0.05) is 0 Å². The van der Waals surface area contributed by atoms with Gasteiger partial charge in [0.2, 0.25) is 0 Å². The third-order valence-electron chi connectivity index (χ3n) is 5.14. The molecule has 10 nitrogen and oxygen atoms in total. The van der Waals surface area contributed by atoms with Gasteiger partial charge in [-0.2, -0.15) is 0 Å². The monoisotopic (exact) mass is 524 g/mol. The number of ether oxygens (including phenoxy) is 1. The topological polar surface area (TPSA) is 111 Å². The molecule has 1 saturated heterocycles. The summed E-state index contributed by atoms with van der Waals surface area (Å²) >= 11 is 0. The van der Waals surface area contributed by atoms with Crippen LogP contribution in [-0.2, 0) is 23.5 Å². The van der Waals surface area contributed by atoms with Gasteiger partial charge in [-0.3, -0.25) is 29.2 Å². The summed E-state index contributed by atoms with van der Waals surface area (Å²) in [4.78, 5) is 32.0. The lowest BCUT2D eigenvalue weighted by atomic mass is 10.2. The number of carboxylic acids is 1. The summed E-state index contributed by atoms with van der Waals surface area (Å²) in [6.07, 6.45) is 0.879. The van der Waals surface area contributed by atoms with Gasteiger partial charge in [0.1, 0.15) is 5.60 Å². The zero-order valence-corrected chi connectivity index (χ0v) is 23.9. The molecule has 0 aromatic rings. The van der Waals surface area contributed by atoms with Crippen LogP contribution in [0.25, 0.3) is 0 Å². The van der Waals surface area contributed by atoms with Gasteiger partial charge in [-0.15, -0.1) is 0 Å². The molecule has 1 aliphatic rings. The Morgan fingerprint density at radius 1 is 0.706 bits per heavy atom. The maximum Gasteiger partial charge on any atom is 0.320 e. The van der Waals surface area contributed by atoms with Crippen molar-refractivity contribution in [3.05, 3.63) is 0 Å². The van der Waals surface area contributed by atoms with Crippen LogP contribution in [0.3, 0.4) is 0 Å². The first-order valence-electron chi connectivity index (χ1n) is 11.8. The van der Waals surface area contributed by atoms with E-state index in [2.05, 4.69) is 9.80 Å². The van der Waals surface area contributed by atoms with Gasteiger partial charge >= 0.3 is 11.9 Å². The molecule has 1 heterocycles. The standard InChI is InChI=1S/C22H46N4O6P2/c1-22(2,3)32-21(29)17-24-10-14-25(18-33(4,5)30)12-8-23(16-20(27)28)9-13-26(15-11-24)19-34(6,7)31/h8-19H2,1-7H3,(H,27,28). The Morgan fingerprint density at radius 3 is 1.32 bits per heavy atom. The van der Waals surface area contributed by atoms with Crippen LogP contribution < -0.4 is 0 Å². The first-order valence-corrected chi connectivity index (χ1v) is 17.4. The van der Waals surface area contributed by atoms with E-state index in [0.29, 0.717) is 64.9 Å². The summed E-state index contributed by atoms with van der Waals surface area (Å²) in [7, 11) is -4.65. The maximum absolute atomic E-state index is 12.5. The minimum atomic E-state index is -2.33. The predicted molar refractivity (Wildman–Crippen MR) is 138 cm³/mol. The number of carboxylic acid groups (broad SMARTS) is 1. The fourth-order valence-corrected chi connectivity index (χ4v) is 6.38. The molecular weight excluding hydrogens is 478 g/mol. The molecule has 0 spiro atoms. The number of rotatable bonds is 8. The van der Waals surface area contributed by atoms with E-state index < -0.39 is 25.9 Å². The molecule has 0 atom stereocenters. The van der Waals surface area contributed by atoms with E-state index in [1.165, 1.54) is 0 Å². The van der Waals surface area contributed by atoms with E-state index >= 15 is 0 Å². The number of esters is 1. The Bertz CT molecular complexity index is 721. The van der Waals surface area contributed by atoms with E-state index in [1.807, 2.05) is 30.6 Å². The average Bonchev–Trinajstić information content (AvgIpc) is 2.59. The molecule has 1 rings (SSSR count). The molecule has 0 aromatic carbocycles. The van der Waals surface area contributed by atoms with Crippen molar-refractivity contribution in [3.8, 4) is 0 Å². The van der Waals surface area contributed by atoms with Gasteiger partial charge in [0.15, 0.2) is 0 Å². The number of carbonyl (C=O) groups excluding carboxylic acids is 1. The van der Waals surface area contributed by atoms with E-state index in [0.717, 1.165) is 0 Å². The van der Waals surface area contributed by atoms with Crippen molar-refractivity contribution in [1.29, 1.82) is 0 Å². The Balaban J connectivity index is 3.06. The molecule has 0 aliphatic carbocycles. The maximum atomic E-state index is 12.5. The second-order valence-electron chi connectivity index (χ2n) is 11.2. The lowest BCUT2D eigenvalue weighted by Gasteiger charge is -2.34. The van der Waals surface area contributed by atoms with Gasteiger partial charge in [0, 0.05) is 52.4 Å². The lowest BCUT2D eigenvalue weighted by Crippen LogP contribution is -2.48. The molecule has 200 valence electrons. The molecule has 0 aromatic heterocycles. The van der Waals surface area contributed by atoms with Crippen molar-refractivity contribution in [1.82, 2.24) is 19.6 Å². The molecule has 34 heavy (non-hydrogen) atoms. The quantitative estimate of drug-likeness (QED) is 0.373. The summed E-state index contributed by atoms with van der Waals surface area (Å²) in [6, 6.07) is 0. The fourth-order valence-electron chi connectivity index (χ4n) is 3.89. The molecule has 0 amide bonds. The van der Waals surface area contributed by atoms with Crippen molar-refractivity contribution in [2.24, 2.45) is 0 Å². The van der Waals surface area contributed by atoms with Gasteiger partial charge in [-0.25, -0.2) is 0 Å². The Hall–Kier alpha value is -0.760. The van der Waals surface area contributed by atoms with Crippen molar-refractivity contribution in [2.75, 3.05) is 105 Å². The first-order chi connectivity index (χ1) is 15.4. The largest absolute Gasteiger partial charge is 0.480 e. The smallest absolute Gasteiger partial charge is 0.320 e. The Morgan fingerprint density at radius 2 is 1.03 bits per heavy atom. The van der Waals surface area contributed by atoms with Crippen molar-refractivity contribution >= 4 is 26.2 Å². The van der Waals surface area contributed by atoms with Crippen LogP contribution in [0.5, 0.6) is 0 Å². The molecule has 12 heteroatoms. The van der Waals surface area contributed by atoms with Crippen LogP contribution >= 0.6 is 14.3 Å². The van der Waals surface area contributed by atoms with E-state index in [9.17, 15) is 23.8 Å². The van der Waals surface area contributed by atoms with Gasteiger partial charge in [0.25, 0.3) is 0 Å². The third kappa shape index (κ3) is 16.0. The normalized spacial score (nSPS) is 19.9. The molecule has 0 unspecified atom stereocenters. The summed E-state index contributed by atoms with van der Waals surface area (Å²) in [5, 5.41) is 9.35. The molecule has 1 N–H and O–H groups in total. The van der Waals surface area contributed by atoms with Crippen molar-refractivity contribution in [3.63, 3.8) is 0 Å². The molecule has 0 saturated carbocycles. The second-order valence-corrected chi connectivity index (χ2v) is 18.1. The highest BCUT2D eigenvalue weighted by Crippen LogP contribution is 2.37. The number of carbonyl (C=O) groups is 2. The first kappa shape index (κ1) is 31.3. The highest BCUT2D eigenvalue weighted by atomic mass is 31.2. The average molecular weight is 525 g/mol. The Kier molecular flexibility index (Phi) is 12.4. The zero-order valence-electron chi connectivity index (χ0n) is 22.2. The Labute approximate surface area is 205 Å². The van der Waals surface area contributed by atoms with Crippen LogP contribution in [0, 0.1) is 0 Å². The number of hydrogen-bond donors (Lipinski definition) is 1. The minimum absolute atomic E-state index is 0.0712. The van der Waals surface area contributed by atoms with Crippen LogP contribution in [0.1, 0.15) is 20.8 Å². The van der Waals surface area contributed by atoms with Gasteiger partial charge in [0.05, 0.1) is 39.9 Å². The number of nitrogens with zero attached hydrogens (tertiary/aromatic N) is 4. The van der Waals surface area contributed by atoms with Crippen LogP contribution in [0.15, 0.2) is 0 Å². The number of hydrogen-bond acceptors (Lipinski definition) is 9. The van der Waals surface area contributed by atoms with Gasteiger partial charge in [-0.05, 0) is 47.4 Å². The van der Waals surface area contributed by atoms with Gasteiger partial charge < -0.3 is 19.0 Å². The summed E-state index contributed by atoms with van der Waals surface area (Å²) in [5.41, 5.74) is -0.566. The highest BCUT2D eigenvalue weighted by molar-refractivity contribution is 7.62. The molecule has 1 aliphatic heterocycles. The van der Waals surface area contributed by atoms with Crippen molar-refractivity contribution in [2.45, 2.75) is 26.4 Å². The summed E-state index contributed by atoms with van der Waals surface area (Å²) in [5.74, 6) is -1.18. The van der Waals surface area contributed by atoms with Crippen LogP contribution in [0.4, 0.5) is 0 Å². The van der Waals surface area contributed by atoms with E-state index in [4.69, 9.17) is 4.74 Å². The fraction of sp³-hybridized carbons (Fsp3) is 0.909. The third-order valence-corrected chi connectivity index (χ3v) is 7.30. The van der Waals surface area contributed by atoms with E-state index in [1.54, 1.807) is 26.7 Å². The van der Waals surface area contributed by atoms with Crippen molar-refractivity contribution < 1.29 is 28.6 Å². The molecular formula is C22H46N4O6P2. The molecule has 0 radical (unpaired) electrons. The predicted octanol–water partition coefficient (Wildman–Crippen LogP) is 1.79. The SMILES string of the molecule is CC(C)(C)OC(=O)CN1CCN(CP(C)(C)=O)CCN(CC(=O)O)CCN(CP(C)(C)=O)CC1. The summed E-state index contributed by atoms with van der Waals surface area (Å²) < 4.78 is 30.6. The second kappa shape index (κ2) is 13.5. The number of aliphatic carboxylic acids is 1. The summed E-state index contributed by atoms with van der Waals surface area (Å²) in [6.45, 7) is 17.2. The van der Waals surface area contributed by atoms with Crippen LogP contribution in [0.2, 0.25) is 0 Å².